The fourth-order valence-electron chi connectivity index (χ4n) is 0.779. The van der Waals surface area contributed by atoms with Gasteiger partial charge >= 0.3 is 0 Å². The molecule has 0 bridgehead atoms. The lowest BCUT2D eigenvalue weighted by atomic mass is 10.2. The van der Waals surface area contributed by atoms with Crippen molar-refractivity contribution in [1.82, 2.24) is 4.98 Å². The minimum absolute atomic E-state index is 0.402. The molecule has 0 saturated heterocycles. The Hall–Kier alpha value is -1.02. The molecule has 1 aromatic heterocycles. The van der Waals surface area contributed by atoms with Gasteiger partial charge in [-0.1, -0.05) is 6.58 Å². The highest BCUT2D eigenvalue weighted by atomic mass is 35.5. The molecule has 1 rings (SSSR count). The summed E-state index contributed by atoms with van der Waals surface area (Å²) in [6, 6.07) is 3.67. The predicted octanol–water partition coefficient (Wildman–Crippen LogP) is 2.34. The van der Waals surface area contributed by atoms with Gasteiger partial charge in [-0.2, -0.15) is 0 Å². The van der Waals surface area contributed by atoms with Crippen LogP contribution in [-0.4, -0.2) is 18.0 Å². The van der Waals surface area contributed by atoms with Gasteiger partial charge < -0.3 is 4.74 Å². The van der Waals surface area contributed by atoms with Crippen molar-refractivity contribution in [3.8, 4) is 5.75 Å². The molecule has 3 heteroatoms. The number of aromatic nitrogens is 1. The van der Waals surface area contributed by atoms with Crippen LogP contribution in [0.4, 0.5) is 0 Å². The van der Waals surface area contributed by atoms with E-state index in [4.69, 9.17) is 16.3 Å². The van der Waals surface area contributed by atoms with Crippen LogP contribution in [0.2, 0.25) is 0 Å². The zero-order valence-corrected chi connectivity index (χ0v) is 7.64. The SMILES string of the molecule is C=C(CCl)c1ccc(OC)cn1. The third-order valence-electron chi connectivity index (χ3n) is 1.50. The number of hydrogen-bond acceptors (Lipinski definition) is 2. The molecule has 0 aliphatic rings. The van der Waals surface area contributed by atoms with Gasteiger partial charge in [0.25, 0.3) is 0 Å². The number of alkyl halides is 1. The molecule has 64 valence electrons. The molecule has 0 fully saturated rings. The first kappa shape index (κ1) is 9.07. The summed E-state index contributed by atoms with van der Waals surface area (Å²) < 4.78 is 4.96. The molecule has 0 saturated carbocycles. The van der Waals surface area contributed by atoms with Gasteiger partial charge in [0.1, 0.15) is 5.75 Å². The number of ether oxygens (including phenoxy) is 1. The lowest BCUT2D eigenvalue weighted by Gasteiger charge is -2.01. The molecule has 0 atom stereocenters. The Bertz CT molecular complexity index is 268. The monoisotopic (exact) mass is 183 g/mol. The number of pyridine rings is 1. The Morgan fingerprint density at radius 3 is 2.83 bits per heavy atom. The number of rotatable bonds is 3. The summed E-state index contributed by atoms with van der Waals surface area (Å²) >= 11 is 5.59. The van der Waals surface area contributed by atoms with Gasteiger partial charge in [0, 0.05) is 5.88 Å². The quantitative estimate of drug-likeness (QED) is 0.672. The maximum Gasteiger partial charge on any atom is 0.137 e. The largest absolute Gasteiger partial charge is 0.495 e. The van der Waals surface area contributed by atoms with Gasteiger partial charge in [-0.3, -0.25) is 4.98 Å². The van der Waals surface area contributed by atoms with E-state index >= 15 is 0 Å². The number of methoxy groups -OCH3 is 1. The highest BCUT2D eigenvalue weighted by Crippen LogP contribution is 2.14. The van der Waals surface area contributed by atoms with Crippen molar-refractivity contribution in [2.45, 2.75) is 0 Å². The Morgan fingerprint density at radius 1 is 1.67 bits per heavy atom. The van der Waals surface area contributed by atoms with E-state index < -0.39 is 0 Å². The third-order valence-corrected chi connectivity index (χ3v) is 1.82. The summed E-state index contributed by atoms with van der Waals surface area (Å²) in [5.41, 5.74) is 1.63. The Balaban J connectivity index is 2.84. The molecular weight excluding hydrogens is 174 g/mol. The van der Waals surface area contributed by atoms with Crippen molar-refractivity contribution in [3.05, 3.63) is 30.6 Å². The minimum Gasteiger partial charge on any atom is -0.495 e. The van der Waals surface area contributed by atoms with Gasteiger partial charge in [0.2, 0.25) is 0 Å². The lowest BCUT2D eigenvalue weighted by molar-refractivity contribution is 0.413. The topological polar surface area (TPSA) is 22.1 Å². The van der Waals surface area contributed by atoms with Crippen LogP contribution in [0, 0.1) is 0 Å². The van der Waals surface area contributed by atoms with Gasteiger partial charge in [-0.25, -0.2) is 0 Å². The Kier molecular flexibility index (Phi) is 3.11. The fraction of sp³-hybridized carbons (Fsp3) is 0.222. The van der Waals surface area contributed by atoms with Gasteiger partial charge in [0.05, 0.1) is 19.0 Å². The zero-order chi connectivity index (χ0) is 8.97. The van der Waals surface area contributed by atoms with Gasteiger partial charge in [-0.05, 0) is 17.7 Å². The number of nitrogens with zero attached hydrogens (tertiary/aromatic N) is 1. The van der Waals surface area contributed by atoms with Crippen molar-refractivity contribution in [3.63, 3.8) is 0 Å². The van der Waals surface area contributed by atoms with E-state index in [1.165, 1.54) is 0 Å². The second kappa shape index (κ2) is 4.12. The molecule has 0 aromatic carbocycles. The normalized spacial score (nSPS) is 9.50. The number of hydrogen-bond donors (Lipinski definition) is 0. The van der Waals surface area contributed by atoms with Gasteiger partial charge in [-0.15, -0.1) is 11.6 Å². The summed E-state index contributed by atoms with van der Waals surface area (Å²) in [7, 11) is 1.60. The van der Waals surface area contributed by atoms with E-state index in [0.29, 0.717) is 5.88 Å². The molecule has 1 heterocycles. The molecule has 0 aliphatic carbocycles. The lowest BCUT2D eigenvalue weighted by Crippen LogP contribution is -1.90. The fourth-order valence-corrected chi connectivity index (χ4v) is 0.916. The van der Waals surface area contributed by atoms with Crippen LogP contribution in [0.25, 0.3) is 5.57 Å². The van der Waals surface area contributed by atoms with Gasteiger partial charge in [0.15, 0.2) is 0 Å². The standard InChI is InChI=1S/C9H10ClNO/c1-7(5-10)9-4-3-8(12-2)6-11-9/h3-4,6H,1,5H2,2H3. The first-order chi connectivity index (χ1) is 5.77. The first-order valence-electron chi connectivity index (χ1n) is 3.52. The van der Waals surface area contributed by atoms with Crippen molar-refractivity contribution in [1.29, 1.82) is 0 Å². The number of allylic oxidation sites excluding steroid dienone is 1. The molecule has 0 radical (unpaired) electrons. The first-order valence-corrected chi connectivity index (χ1v) is 4.05. The van der Waals surface area contributed by atoms with Crippen LogP contribution in [0.3, 0.4) is 0 Å². The van der Waals surface area contributed by atoms with E-state index in [1.807, 2.05) is 12.1 Å². The average molecular weight is 184 g/mol. The minimum atomic E-state index is 0.402. The van der Waals surface area contributed by atoms with Crippen molar-refractivity contribution in [2.75, 3.05) is 13.0 Å². The molecule has 0 N–H and O–H groups in total. The van der Waals surface area contributed by atoms with Crippen LogP contribution in [0.15, 0.2) is 24.9 Å². The Morgan fingerprint density at radius 2 is 2.42 bits per heavy atom. The summed E-state index contributed by atoms with van der Waals surface area (Å²) in [6.07, 6.45) is 1.65. The highest BCUT2D eigenvalue weighted by Gasteiger charge is 1.98. The molecule has 1 aromatic rings. The van der Waals surface area contributed by atoms with E-state index in [-0.39, 0.29) is 0 Å². The average Bonchev–Trinajstić information content (AvgIpc) is 2.17. The maximum atomic E-state index is 5.59. The molecule has 0 unspecified atom stereocenters. The van der Waals surface area contributed by atoms with Crippen LogP contribution >= 0.6 is 11.6 Å². The molecule has 0 amide bonds. The summed E-state index contributed by atoms with van der Waals surface area (Å²) in [6.45, 7) is 3.76. The molecule has 0 aliphatic heterocycles. The second-order valence-electron chi connectivity index (χ2n) is 2.32. The molecule has 12 heavy (non-hydrogen) atoms. The van der Waals surface area contributed by atoms with Crippen LogP contribution < -0.4 is 4.74 Å². The summed E-state index contributed by atoms with van der Waals surface area (Å²) in [4.78, 5) is 4.11. The maximum absolute atomic E-state index is 5.59. The van der Waals surface area contributed by atoms with E-state index in [0.717, 1.165) is 17.0 Å². The molecule has 0 spiro atoms. The zero-order valence-electron chi connectivity index (χ0n) is 6.88. The third kappa shape index (κ3) is 1.98. The van der Waals surface area contributed by atoms with Crippen molar-refractivity contribution >= 4 is 17.2 Å². The van der Waals surface area contributed by atoms with Crippen molar-refractivity contribution < 1.29 is 4.74 Å². The van der Waals surface area contributed by atoms with Crippen LogP contribution in [0.5, 0.6) is 5.75 Å². The smallest absolute Gasteiger partial charge is 0.137 e. The van der Waals surface area contributed by atoms with Crippen molar-refractivity contribution in [2.24, 2.45) is 0 Å². The van der Waals surface area contributed by atoms with E-state index in [1.54, 1.807) is 13.3 Å². The number of halogens is 1. The van der Waals surface area contributed by atoms with E-state index in [9.17, 15) is 0 Å². The molecular formula is C9H10ClNO. The molecule has 2 nitrogen and oxygen atoms in total. The highest BCUT2D eigenvalue weighted by molar-refractivity contribution is 6.22. The second-order valence-corrected chi connectivity index (χ2v) is 2.59. The predicted molar refractivity (Wildman–Crippen MR) is 50.5 cm³/mol. The van der Waals surface area contributed by atoms with Crippen LogP contribution in [0.1, 0.15) is 5.69 Å². The Labute approximate surface area is 76.8 Å². The summed E-state index contributed by atoms with van der Waals surface area (Å²) in [5, 5.41) is 0. The van der Waals surface area contributed by atoms with E-state index in [2.05, 4.69) is 11.6 Å². The summed E-state index contributed by atoms with van der Waals surface area (Å²) in [5.74, 6) is 1.14. The van der Waals surface area contributed by atoms with Crippen LogP contribution in [-0.2, 0) is 0 Å².